The quantitative estimate of drug-likeness (QED) is 0.453. The van der Waals surface area contributed by atoms with Crippen LogP contribution in [0.3, 0.4) is 0 Å². The Balaban J connectivity index is 4.40. The Kier molecular flexibility index (Phi) is 3.96. The Hall–Kier alpha value is -0.525. The van der Waals surface area contributed by atoms with Gasteiger partial charge in [-0.3, -0.25) is 4.99 Å². The molecule has 0 aromatic rings. The molecule has 0 spiro atoms. The first-order valence-electron chi connectivity index (χ1n) is 4.64. The Morgan fingerprint density at radius 3 is 1.92 bits per heavy atom. The topological polar surface area (TPSA) is 12.4 Å². The fourth-order valence-corrected chi connectivity index (χ4v) is 0.871. The van der Waals surface area contributed by atoms with E-state index in [1.807, 2.05) is 33.1 Å². The summed E-state index contributed by atoms with van der Waals surface area (Å²) in [6.07, 6.45) is 3.92. The van der Waals surface area contributed by atoms with Crippen LogP contribution in [-0.2, 0) is 0 Å². The highest BCUT2D eigenvalue weighted by Gasteiger charge is 2.07. The predicted molar refractivity (Wildman–Crippen MR) is 61.5 cm³/mol. The lowest BCUT2D eigenvalue weighted by molar-refractivity contribution is 0.606. The van der Waals surface area contributed by atoms with Gasteiger partial charge in [0.15, 0.2) is 0 Å². The smallest absolute Gasteiger partial charge is 0.0795 e. The lowest BCUT2D eigenvalue weighted by atomic mass is 9.72. The van der Waals surface area contributed by atoms with Gasteiger partial charge in [-0.1, -0.05) is 46.0 Å². The molecule has 13 heavy (non-hydrogen) atoms. The highest BCUT2D eigenvalue weighted by Crippen LogP contribution is 2.22. The highest BCUT2D eigenvalue weighted by molar-refractivity contribution is 6.16. The largest absolute Gasteiger partial charge is 0.266 e. The van der Waals surface area contributed by atoms with E-state index < -0.39 is 0 Å². The number of hydrogen-bond donors (Lipinski definition) is 0. The lowest BCUT2D eigenvalue weighted by Crippen LogP contribution is -2.06. The first kappa shape index (κ1) is 12.5. The fourth-order valence-electron chi connectivity index (χ4n) is 0.871. The molecule has 0 saturated heterocycles. The van der Waals surface area contributed by atoms with E-state index in [0.29, 0.717) is 0 Å². The number of nitrogens with zero attached hydrogens (tertiary/aromatic N) is 1. The molecule has 2 radical (unpaired) electrons. The molecular formula is C11H20BN. The average molecular weight is 177 g/mol. The van der Waals surface area contributed by atoms with Crippen LogP contribution in [0.2, 0.25) is 5.31 Å². The van der Waals surface area contributed by atoms with Crippen molar-refractivity contribution in [2.45, 2.75) is 46.9 Å². The van der Waals surface area contributed by atoms with Crippen molar-refractivity contribution >= 4 is 14.1 Å². The molecule has 0 fully saturated rings. The molecule has 0 bridgehead atoms. The first-order chi connectivity index (χ1) is 5.60. The maximum atomic E-state index is 5.83. The molecule has 0 aromatic carbocycles. The zero-order valence-corrected chi connectivity index (χ0v) is 9.68. The Morgan fingerprint density at radius 1 is 1.15 bits per heavy atom. The van der Waals surface area contributed by atoms with Crippen LogP contribution in [0.25, 0.3) is 0 Å². The van der Waals surface area contributed by atoms with E-state index in [1.165, 1.54) is 0 Å². The standard InChI is InChI=1S/C11H20BN/c1-9(7-11(5,6)12)13-8-10(2,3)4/h7-8H,1-6H3/b9-7-,13-8?. The third-order valence-corrected chi connectivity index (χ3v) is 1.24. The van der Waals surface area contributed by atoms with Gasteiger partial charge in [-0.15, -0.1) is 0 Å². The van der Waals surface area contributed by atoms with Crippen LogP contribution in [0.5, 0.6) is 0 Å². The van der Waals surface area contributed by atoms with Gasteiger partial charge in [-0.2, -0.15) is 0 Å². The molecule has 0 amide bonds. The van der Waals surface area contributed by atoms with E-state index in [0.717, 1.165) is 5.70 Å². The van der Waals surface area contributed by atoms with E-state index in [9.17, 15) is 0 Å². The van der Waals surface area contributed by atoms with Crippen LogP contribution in [0.1, 0.15) is 41.5 Å². The molecule has 0 aliphatic heterocycles. The molecule has 0 aliphatic rings. The van der Waals surface area contributed by atoms with E-state index in [1.54, 1.807) is 0 Å². The molecule has 72 valence electrons. The molecule has 0 saturated carbocycles. The van der Waals surface area contributed by atoms with Gasteiger partial charge in [0.1, 0.15) is 0 Å². The maximum absolute atomic E-state index is 5.83. The number of aliphatic imine (C=N–C) groups is 1. The van der Waals surface area contributed by atoms with Crippen LogP contribution in [0, 0.1) is 5.41 Å². The molecule has 0 rings (SSSR count). The molecule has 2 heteroatoms. The maximum Gasteiger partial charge on any atom is 0.0795 e. The van der Waals surface area contributed by atoms with Crippen molar-refractivity contribution in [3.05, 3.63) is 11.8 Å². The predicted octanol–water partition coefficient (Wildman–Crippen LogP) is 3.37. The number of rotatable bonds is 2. The summed E-state index contributed by atoms with van der Waals surface area (Å²) in [5, 5.41) is -0.278. The zero-order chi connectivity index (χ0) is 10.7. The Morgan fingerprint density at radius 2 is 1.62 bits per heavy atom. The minimum Gasteiger partial charge on any atom is -0.266 e. The van der Waals surface area contributed by atoms with Crippen molar-refractivity contribution in [3.63, 3.8) is 0 Å². The Bertz CT molecular complexity index is 213. The summed E-state index contributed by atoms with van der Waals surface area (Å²) in [6.45, 7) is 12.3. The molecule has 0 atom stereocenters. The monoisotopic (exact) mass is 177 g/mol. The van der Waals surface area contributed by atoms with Crippen molar-refractivity contribution in [2.24, 2.45) is 10.4 Å². The summed E-state index contributed by atoms with van der Waals surface area (Å²) in [5.41, 5.74) is 1.11. The molecule has 0 aliphatic carbocycles. The van der Waals surface area contributed by atoms with E-state index in [-0.39, 0.29) is 10.7 Å². The van der Waals surface area contributed by atoms with Gasteiger partial charge < -0.3 is 0 Å². The number of hydrogen-bond acceptors (Lipinski definition) is 1. The minimum atomic E-state index is -0.278. The summed E-state index contributed by atoms with van der Waals surface area (Å²) < 4.78 is 0. The second kappa shape index (κ2) is 4.12. The SMILES string of the molecule is [B]C(C)(C)/C=C(/C)N=CC(C)(C)C. The lowest BCUT2D eigenvalue weighted by Gasteiger charge is -2.14. The summed E-state index contributed by atoms with van der Waals surface area (Å²) >= 11 is 0. The molecule has 0 heterocycles. The summed E-state index contributed by atoms with van der Waals surface area (Å²) in [6, 6.07) is 0. The van der Waals surface area contributed by atoms with Crippen LogP contribution in [-0.4, -0.2) is 14.1 Å². The third kappa shape index (κ3) is 9.39. The first-order valence-corrected chi connectivity index (χ1v) is 4.64. The van der Waals surface area contributed by atoms with Gasteiger partial charge in [0.2, 0.25) is 0 Å². The van der Waals surface area contributed by atoms with Crippen LogP contribution in [0.4, 0.5) is 0 Å². The summed E-state index contributed by atoms with van der Waals surface area (Å²) in [5.74, 6) is 0. The molecule has 0 N–H and O–H groups in total. The van der Waals surface area contributed by atoms with Gasteiger partial charge in [-0.25, -0.2) is 0 Å². The van der Waals surface area contributed by atoms with Crippen LogP contribution in [0.15, 0.2) is 16.8 Å². The van der Waals surface area contributed by atoms with E-state index in [4.69, 9.17) is 7.85 Å². The van der Waals surface area contributed by atoms with Crippen molar-refractivity contribution in [3.8, 4) is 0 Å². The van der Waals surface area contributed by atoms with Gasteiger partial charge in [0.05, 0.1) is 7.85 Å². The minimum absolute atomic E-state index is 0.133. The molecular weight excluding hydrogens is 157 g/mol. The van der Waals surface area contributed by atoms with Crippen molar-refractivity contribution in [2.75, 3.05) is 0 Å². The highest BCUT2D eigenvalue weighted by atomic mass is 14.7. The van der Waals surface area contributed by atoms with Crippen molar-refractivity contribution in [1.82, 2.24) is 0 Å². The van der Waals surface area contributed by atoms with Crippen molar-refractivity contribution < 1.29 is 0 Å². The molecule has 1 nitrogen and oxygen atoms in total. The zero-order valence-electron chi connectivity index (χ0n) is 9.68. The fraction of sp³-hybridized carbons (Fsp3) is 0.727. The van der Waals surface area contributed by atoms with Crippen LogP contribution >= 0.6 is 0 Å². The summed E-state index contributed by atoms with van der Waals surface area (Å²) in [7, 11) is 5.83. The molecule has 0 aromatic heterocycles. The summed E-state index contributed by atoms with van der Waals surface area (Å²) in [4.78, 5) is 4.34. The van der Waals surface area contributed by atoms with E-state index >= 15 is 0 Å². The van der Waals surface area contributed by atoms with Gasteiger partial charge in [0.25, 0.3) is 0 Å². The van der Waals surface area contributed by atoms with Crippen LogP contribution < -0.4 is 0 Å². The number of allylic oxidation sites excluding steroid dienone is 2. The van der Waals surface area contributed by atoms with Gasteiger partial charge in [-0.05, 0) is 12.3 Å². The second-order valence-electron chi connectivity index (χ2n) is 5.23. The normalized spacial score (nSPS) is 15.4. The van der Waals surface area contributed by atoms with Gasteiger partial charge in [0, 0.05) is 11.9 Å². The second-order valence-corrected chi connectivity index (χ2v) is 5.23. The van der Waals surface area contributed by atoms with Crippen molar-refractivity contribution in [1.29, 1.82) is 0 Å². The van der Waals surface area contributed by atoms with E-state index in [2.05, 4.69) is 25.8 Å². The third-order valence-electron chi connectivity index (χ3n) is 1.24. The average Bonchev–Trinajstić information content (AvgIpc) is 1.78. The van der Waals surface area contributed by atoms with Gasteiger partial charge >= 0.3 is 0 Å². The molecule has 0 unspecified atom stereocenters. The Labute approximate surface area is 83.7 Å².